The van der Waals surface area contributed by atoms with Crippen LogP contribution >= 0.6 is 12.4 Å². The van der Waals surface area contributed by atoms with E-state index in [2.05, 4.69) is 0 Å². The standard InChI is InChI=1S/C12H22N2O2.ClH/c13-11-3-1-10(2-4-11)9-12(15)14-5-7-16-8-6-14;/h10-11H,1-9,13H2;1H. The number of carbonyl (C=O) groups is 1. The maximum Gasteiger partial charge on any atom is 0.223 e. The van der Waals surface area contributed by atoms with E-state index < -0.39 is 0 Å². The largest absolute Gasteiger partial charge is 0.378 e. The third-order valence-corrected chi connectivity index (χ3v) is 3.72. The van der Waals surface area contributed by atoms with Crippen molar-refractivity contribution in [3.05, 3.63) is 0 Å². The third kappa shape index (κ3) is 4.45. The number of nitrogens with zero attached hydrogens (tertiary/aromatic N) is 1. The Morgan fingerprint density at radius 3 is 2.35 bits per heavy atom. The number of hydrogen-bond donors (Lipinski definition) is 1. The average molecular weight is 263 g/mol. The van der Waals surface area contributed by atoms with Gasteiger partial charge in [-0.2, -0.15) is 0 Å². The van der Waals surface area contributed by atoms with Crippen LogP contribution in [0.5, 0.6) is 0 Å². The Hall–Kier alpha value is -0.320. The van der Waals surface area contributed by atoms with Crippen molar-refractivity contribution < 1.29 is 9.53 Å². The minimum Gasteiger partial charge on any atom is -0.378 e. The maximum absolute atomic E-state index is 12.0. The molecule has 2 rings (SSSR count). The van der Waals surface area contributed by atoms with Crippen LogP contribution in [0.25, 0.3) is 0 Å². The van der Waals surface area contributed by atoms with Crippen molar-refractivity contribution in [2.24, 2.45) is 11.7 Å². The Labute approximate surface area is 109 Å². The first-order valence-corrected chi connectivity index (χ1v) is 6.37. The zero-order valence-corrected chi connectivity index (χ0v) is 11.1. The predicted octanol–water partition coefficient (Wildman–Crippen LogP) is 1.17. The Balaban J connectivity index is 0.00000144. The number of nitrogens with two attached hydrogens (primary N) is 1. The van der Waals surface area contributed by atoms with Gasteiger partial charge in [-0.15, -0.1) is 12.4 Å². The molecule has 0 unspecified atom stereocenters. The summed E-state index contributed by atoms with van der Waals surface area (Å²) in [5.41, 5.74) is 5.86. The lowest BCUT2D eigenvalue weighted by atomic mass is 9.84. The van der Waals surface area contributed by atoms with Gasteiger partial charge in [0.2, 0.25) is 5.91 Å². The van der Waals surface area contributed by atoms with E-state index in [-0.39, 0.29) is 12.4 Å². The van der Waals surface area contributed by atoms with Gasteiger partial charge in [-0.1, -0.05) is 0 Å². The van der Waals surface area contributed by atoms with Gasteiger partial charge in [0.25, 0.3) is 0 Å². The SMILES string of the molecule is Cl.NC1CCC(CC(=O)N2CCOCC2)CC1. The van der Waals surface area contributed by atoms with Crippen molar-refractivity contribution >= 4 is 18.3 Å². The van der Waals surface area contributed by atoms with Gasteiger partial charge in [0.1, 0.15) is 0 Å². The molecule has 17 heavy (non-hydrogen) atoms. The molecule has 0 aromatic heterocycles. The number of morpholine rings is 1. The number of hydrogen-bond acceptors (Lipinski definition) is 3. The summed E-state index contributed by atoms with van der Waals surface area (Å²) in [6, 6.07) is 0.370. The van der Waals surface area contributed by atoms with E-state index in [9.17, 15) is 4.79 Å². The minimum atomic E-state index is 0. The Kier molecular flexibility index (Phi) is 6.23. The molecule has 1 amide bonds. The minimum absolute atomic E-state index is 0. The quantitative estimate of drug-likeness (QED) is 0.813. The van der Waals surface area contributed by atoms with Crippen LogP contribution in [-0.4, -0.2) is 43.2 Å². The highest BCUT2D eigenvalue weighted by Crippen LogP contribution is 2.26. The Morgan fingerprint density at radius 2 is 1.76 bits per heavy atom. The van der Waals surface area contributed by atoms with Gasteiger partial charge in [-0.05, 0) is 31.6 Å². The molecule has 1 aliphatic heterocycles. The second-order valence-electron chi connectivity index (χ2n) is 4.98. The fourth-order valence-corrected chi connectivity index (χ4v) is 2.58. The zero-order chi connectivity index (χ0) is 11.4. The number of rotatable bonds is 2. The molecule has 0 aromatic carbocycles. The van der Waals surface area contributed by atoms with E-state index in [1.165, 1.54) is 0 Å². The van der Waals surface area contributed by atoms with Crippen molar-refractivity contribution in [2.75, 3.05) is 26.3 Å². The molecular formula is C12H23ClN2O2. The number of halogens is 1. The summed E-state index contributed by atoms with van der Waals surface area (Å²) >= 11 is 0. The van der Waals surface area contributed by atoms with Gasteiger partial charge in [0.05, 0.1) is 13.2 Å². The number of carbonyl (C=O) groups excluding carboxylic acids is 1. The van der Waals surface area contributed by atoms with Crippen LogP contribution in [0.3, 0.4) is 0 Å². The first kappa shape index (κ1) is 14.7. The summed E-state index contributed by atoms with van der Waals surface area (Å²) in [6.45, 7) is 2.93. The van der Waals surface area contributed by atoms with Crippen LogP contribution < -0.4 is 5.73 Å². The fraction of sp³-hybridized carbons (Fsp3) is 0.917. The highest BCUT2D eigenvalue weighted by atomic mass is 35.5. The van der Waals surface area contributed by atoms with Gasteiger partial charge >= 0.3 is 0 Å². The van der Waals surface area contributed by atoms with Crippen molar-refractivity contribution in [1.82, 2.24) is 4.90 Å². The molecule has 5 heteroatoms. The van der Waals surface area contributed by atoms with Gasteiger partial charge < -0.3 is 15.4 Å². The second-order valence-corrected chi connectivity index (χ2v) is 4.98. The van der Waals surface area contributed by atoms with Gasteiger partial charge in [0, 0.05) is 25.6 Å². The summed E-state index contributed by atoms with van der Waals surface area (Å²) in [7, 11) is 0. The van der Waals surface area contributed by atoms with E-state index in [4.69, 9.17) is 10.5 Å². The maximum atomic E-state index is 12.0. The van der Waals surface area contributed by atoms with Gasteiger partial charge in [-0.3, -0.25) is 4.79 Å². The number of amides is 1. The summed E-state index contributed by atoms with van der Waals surface area (Å²) < 4.78 is 5.24. The zero-order valence-electron chi connectivity index (χ0n) is 10.3. The van der Waals surface area contributed by atoms with Crippen LogP contribution in [0.1, 0.15) is 32.1 Å². The lowest BCUT2D eigenvalue weighted by molar-refractivity contribution is -0.136. The molecular weight excluding hydrogens is 240 g/mol. The highest BCUT2D eigenvalue weighted by Gasteiger charge is 2.24. The predicted molar refractivity (Wildman–Crippen MR) is 69.2 cm³/mol. The van der Waals surface area contributed by atoms with Crippen LogP contribution in [0.2, 0.25) is 0 Å². The Morgan fingerprint density at radius 1 is 1.18 bits per heavy atom. The molecule has 1 heterocycles. The molecule has 0 radical (unpaired) electrons. The van der Waals surface area contributed by atoms with E-state index >= 15 is 0 Å². The third-order valence-electron chi connectivity index (χ3n) is 3.72. The molecule has 2 aliphatic rings. The summed E-state index contributed by atoms with van der Waals surface area (Å²) in [5, 5.41) is 0. The normalized spacial score (nSPS) is 29.6. The molecule has 2 fully saturated rings. The van der Waals surface area contributed by atoms with Gasteiger partial charge in [-0.25, -0.2) is 0 Å². The fourth-order valence-electron chi connectivity index (χ4n) is 2.58. The average Bonchev–Trinajstić information content (AvgIpc) is 2.33. The molecule has 1 saturated heterocycles. The second kappa shape index (κ2) is 7.19. The smallest absolute Gasteiger partial charge is 0.223 e. The van der Waals surface area contributed by atoms with E-state index in [0.717, 1.165) is 38.8 Å². The molecule has 0 bridgehead atoms. The topological polar surface area (TPSA) is 55.6 Å². The molecule has 1 saturated carbocycles. The first-order chi connectivity index (χ1) is 7.75. The summed E-state index contributed by atoms with van der Waals surface area (Å²) in [5.74, 6) is 0.874. The monoisotopic (exact) mass is 262 g/mol. The van der Waals surface area contributed by atoms with E-state index in [0.29, 0.717) is 37.5 Å². The lowest BCUT2D eigenvalue weighted by Gasteiger charge is -2.30. The summed E-state index contributed by atoms with van der Waals surface area (Å²) in [6.07, 6.45) is 5.13. The first-order valence-electron chi connectivity index (χ1n) is 6.37. The van der Waals surface area contributed by atoms with Gasteiger partial charge in [0.15, 0.2) is 0 Å². The Bertz CT molecular complexity index is 237. The van der Waals surface area contributed by atoms with E-state index in [1.807, 2.05) is 4.90 Å². The molecule has 0 atom stereocenters. The van der Waals surface area contributed by atoms with E-state index in [1.54, 1.807) is 0 Å². The van der Waals surface area contributed by atoms with Crippen LogP contribution in [0.4, 0.5) is 0 Å². The van der Waals surface area contributed by atoms with Crippen molar-refractivity contribution in [2.45, 2.75) is 38.1 Å². The molecule has 1 aliphatic carbocycles. The van der Waals surface area contributed by atoms with Crippen molar-refractivity contribution in [1.29, 1.82) is 0 Å². The molecule has 0 spiro atoms. The summed E-state index contributed by atoms with van der Waals surface area (Å²) in [4.78, 5) is 13.9. The van der Waals surface area contributed by atoms with Crippen LogP contribution in [0, 0.1) is 5.92 Å². The van der Waals surface area contributed by atoms with Crippen LogP contribution in [0.15, 0.2) is 0 Å². The lowest BCUT2D eigenvalue weighted by Crippen LogP contribution is -2.41. The van der Waals surface area contributed by atoms with Crippen LogP contribution in [-0.2, 0) is 9.53 Å². The van der Waals surface area contributed by atoms with Crippen molar-refractivity contribution in [3.8, 4) is 0 Å². The number of ether oxygens (including phenoxy) is 1. The van der Waals surface area contributed by atoms with Crippen molar-refractivity contribution in [3.63, 3.8) is 0 Å². The molecule has 2 N–H and O–H groups in total. The highest BCUT2D eigenvalue weighted by molar-refractivity contribution is 5.85. The molecule has 0 aromatic rings. The molecule has 100 valence electrons. The molecule has 4 nitrogen and oxygen atoms in total.